The number of aliphatic hydroxyl groups is 1. The average Bonchev–Trinajstić information content (AvgIpc) is 3.09. The van der Waals surface area contributed by atoms with Crippen molar-refractivity contribution in [3.63, 3.8) is 0 Å². The Balaban J connectivity index is 1.56. The van der Waals surface area contributed by atoms with Gasteiger partial charge in [-0.15, -0.1) is 0 Å². The number of benzene rings is 2. The Hall–Kier alpha value is -2.74. The highest BCUT2D eigenvalue weighted by molar-refractivity contribution is 9.10. The molecule has 0 unspecified atom stereocenters. The minimum atomic E-state index is -0.622. The van der Waals surface area contributed by atoms with Gasteiger partial charge in [0.2, 0.25) is 0 Å². The Morgan fingerprint density at radius 3 is 2.45 bits per heavy atom. The van der Waals surface area contributed by atoms with Gasteiger partial charge in [0.25, 0.3) is 5.91 Å². The number of carbonyl (C=O) groups excluding carboxylic acids is 2. The van der Waals surface area contributed by atoms with E-state index in [1.54, 1.807) is 11.0 Å². The van der Waals surface area contributed by atoms with Crippen molar-refractivity contribution in [2.75, 3.05) is 39.4 Å². The second-order valence-electron chi connectivity index (χ2n) is 8.13. The number of allylic oxidation sites excluding steroid dienone is 1. The summed E-state index contributed by atoms with van der Waals surface area (Å²) in [6.07, 6.45) is 3.87. The van der Waals surface area contributed by atoms with Crippen molar-refractivity contribution >= 4 is 33.7 Å². The summed E-state index contributed by atoms with van der Waals surface area (Å²) >= 11 is 3.44. The van der Waals surface area contributed by atoms with Gasteiger partial charge >= 0.3 is 0 Å². The fraction of sp³-hybridized carbons (Fsp3) is 0.308. The first kappa shape index (κ1) is 23.4. The fourth-order valence-electron chi connectivity index (χ4n) is 4.24. The van der Waals surface area contributed by atoms with Crippen LogP contribution in [0.2, 0.25) is 0 Å². The van der Waals surface area contributed by atoms with Crippen LogP contribution in [0.3, 0.4) is 0 Å². The molecule has 0 radical (unpaired) electrons. The molecule has 0 aromatic heterocycles. The molecule has 2 aliphatic heterocycles. The monoisotopic (exact) mass is 510 g/mol. The number of carbonyl (C=O) groups is 2. The van der Waals surface area contributed by atoms with Crippen LogP contribution in [0.5, 0.6) is 0 Å². The molecule has 1 N–H and O–H groups in total. The van der Waals surface area contributed by atoms with Crippen LogP contribution in [0, 0.1) is 0 Å². The van der Waals surface area contributed by atoms with Crippen molar-refractivity contribution in [1.82, 2.24) is 9.80 Å². The third-order valence-corrected chi connectivity index (χ3v) is 6.49. The van der Waals surface area contributed by atoms with E-state index in [4.69, 9.17) is 4.74 Å². The smallest absolute Gasteiger partial charge is 0.290 e. The van der Waals surface area contributed by atoms with Gasteiger partial charge in [-0.05, 0) is 35.8 Å². The molecule has 2 aromatic rings. The number of amides is 1. The molecule has 4 rings (SSSR count). The highest BCUT2D eigenvalue weighted by atomic mass is 79.9. The van der Waals surface area contributed by atoms with Crippen molar-refractivity contribution in [2.45, 2.75) is 12.5 Å². The molecule has 0 bridgehead atoms. The van der Waals surface area contributed by atoms with Crippen LogP contribution in [-0.2, 0) is 14.3 Å². The number of halogens is 1. The van der Waals surface area contributed by atoms with E-state index in [-0.39, 0.29) is 11.4 Å². The average molecular weight is 511 g/mol. The number of rotatable bonds is 8. The molecular weight excluding hydrogens is 484 g/mol. The van der Waals surface area contributed by atoms with E-state index >= 15 is 0 Å². The zero-order valence-corrected chi connectivity index (χ0v) is 19.9. The normalized spacial score (nSPS) is 19.6. The van der Waals surface area contributed by atoms with E-state index in [1.807, 2.05) is 54.6 Å². The summed E-state index contributed by atoms with van der Waals surface area (Å²) in [7, 11) is 0. The number of aliphatic hydroxyl groups excluding tert-OH is 1. The van der Waals surface area contributed by atoms with Gasteiger partial charge in [0.1, 0.15) is 0 Å². The molecule has 2 aliphatic rings. The van der Waals surface area contributed by atoms with Gasteiger partial charge in [-0.25, -0.2) is 0 Å². The number of ether oxygens (including phenoxy) is 1. The van der Waals surface area contributed by atoms with Gasteiger partial charge in [0.05, 0.1) is 24.8 Å². The Morgan fingerprint density at radius 2 is 1.76 bits per heavy atom. The predicted molar refractivity (Wildman–Crippen MR) is 131 cm³/mol. The second-order valence-corrected chi connectivity index (χ2v) is 9.05. The zero-order chi connectivity index (χ0) is 23.2. The van der Waals surface area contributed by atoms with Crippen LogP contribution < -0.4 is 0 Å². The summed E-state index contributed by atoms with van der Waals surface area (Å²) in [5.74, 6) is -1.33. The first-order valence-corrected chi connectivity index (χ1v) is 11.9. The summed E-state index contributed by atoms with van der Waals surface area (Å²) in [4.78, 5) is 30.1. The highest BCUT2D eigenvalue weighted by Crippen LogP contribution is 2.38. The highest BCUT2D eigenvalue weighted by Gasteiger charge is 2.42. The summed E-state index contributed by atoms with van der Waals surface area (Å²) in [5, 5.41) is 10.7. The van der Waals surface area contributed by atoms with E-state index in [1.165, 1.54) is 6.08 Å². The molecule has 172 valence electrons. The topological polar surface area (TPSA) is 70.1 Å². The molecule has 2 heterocycles. The van der Waals surface area contributed by atoms with E-state index in [2.05, 4.69) is 20.8 Å². The lowest BCUT2D eigenvalue weighted by atomic mass is 9.95. The second kappa shape index (κ2) is 10.9. The number of hydrogen-bond donors (Lipinski definition) is 1. The van der Waals surface area contributed by atoms with Gasteiger partial charge in [0.15, 0.2) is 11.5 Å². The van der Waals surface area contributed by atoms with Crippen molar-refractivity contribution in [2.24, 2.45) is 0 Å². The van der Waals surface area contributed by atoms with Crippen LogP contribution in [-0.4, -0.2) is 66.0 Å². The Morgan fingerprint density at radius 1 is 1.06 bits per heavy atom. The Labute approximate surface area is 202 Å². The lowest BCUT2D eigenvalue weighted by Crippen LogP contribution is -2.39. The SMILES string of the molecule is O=C(/C=C/c1ccccc1)C1=C(O)C(=O)N(CCCN2CCOCC2)[C@H]1c1ccc(Br)cc1. The van der Waals surface area contributed by atoms with Gasteiger partial charge in [0, 0.05) is 30.7 Å². The van der Waals surface area contributed by atoms with Crippen LogP contribution in [0.25, 0.3) is 6.08 Å². The number of nitrogens with zero attached hydrogens (tertiary/aromatic N) is 2. The van der Waals surface area contributed by atoms with E-state index < -0.39 is 17.7 Å². The molecule has 0 spiro atoms. The quantitative estimate of drug-likeness (QED) is 0.540. The maximum Gasteiger partial charge on any atom is 0.290 e. The molecule has 1 fully saturated rings. The maximum absolute atomic E-state index is 13.2. The van der Waals surface area contributed by atoms with Crippen molar-refractivity contribution in [3.8, 4) is 0 Å². The van der Waals surface area contributed by atoms with Crippen molar-refractivity contribution in [1.29, 1.82) is 0 Å². The molecule has 7 heteroatoms. The first-order chi connectivity index (χ1) is 16.0. The molecular formula is C26H27BrN2O4. The van der Waals surface area contributed by atoms with Crippen LogP contribution in [0.1, 0.15) is 23.6 Å². The van der Waals surface area contributed by atoms with Gasteiger partial charge in [-0.2, -0.15) is 0 Å². The van der Waals surface area contributed by atoms with E-state index in [0.717, 1.165) is 54.9 Å². The molecule has 0 saturated carbocycles. The summed E-state index contributed by atoms with van der Waals surface area (Å²) in [5.41, 5.74) is 1.79. The standard InChI is InChI=1S/C26H27BrN2O4/c27-21-10-8-20(9-11-21)24-23(22(30)12-7-19-5-2-1-3-6-19)25(31)26(32)29(24)14-4-13-28-15-17-33-18-16-28/h1-3,5-12,24,31H,4,13-18H2/b12-7+/t24-/m0/s1. The molecule has 0 aliphatic carbocycles. The van der Waals surface area contributed by atoms with Crippen LogP contribution >= 0.6 is 15.9 Å². The van der Waals surface area contributed by atoms with Crippen molar-refractivity contribution < 1.29 is 19.4 Å². The first-order valence-electron chi connectivity index (χ1n) is 11.1. The molecule has 33 heavy (non-hydrogen) atoms. The summed E-state index contributed by atoms with van der Waals surface area (Å²) < 4.78 is 6.30. The fourth-order valence-corrected chi connectivity index (χ4v) is 4.51. The molecule has 1 saturated heterocycles. The largest absolute Gasteiger partial charge is 0.503 e. The number of ketones is 1. The lowest BCUT2D eigenvalue weighted by molar-refractivity contribution is -0.129. The minimum absolute atomic E-state index is 0.126. The van der Waals surface area contributed by atoms with Crippen LogP contribution in [0.15, 0.2) is 76.5 Å². The Kier molecular flexibility index (Phi) is 7.75. The number of morpholine rings is 1. The van der Waals surface area contributed by atoms with Gasteiger partial charge in [-0.3, -0.25) is 14.5 Å². The lowest BCUT2D eigenvalue weighted by Gasteiger charge is -2.30. The van der Waals surface area contributed by atoms with E-state index in [9.17, 15) is 14.7 Å². The summed E-state index contributed by atoms with van der Waals surface area (Å²) in [6.45, 7) is 4.47. The molecule has 2 aromatic carbocycles. The maximum atomic E-state index is 13.2. The predicted octanol–water partition coefficient (Wildman–Crippen LogP) is 4.15. The van der Waals surface area contributed by atoms with Gasteiger partial charge in [-0.1, -0.05) is 64.5 Å². The van der Waals surface area contributed by atoms with Crippen LogP contribution in [0.4, 0.5) is 0 Å². The van der Waals surface area contributed by atoms with Gasteiger partial charge < -0.3 is 14.7 Å². The zero-order valence-electron chi connectivity index (χ0n) is 18.3. The van der Waals surface area contributed by atoms with Crippen molar-refractivity contribution in [3.05, 3.63) is 87.6 Å². The minimum Gasteiger partial charge on any atom is -0.503 e. The molecule has 1 atom stereocenters. The third-order valence-electron chi connectivity index (χ3n) is 5.96. The third kappa shape index (κ3) is 5.61. The number of hydrogen-bond acceptors (Lipinski definition) is 5. The Bertz CT molecular complexity index is 1040. The summed E-state index contributed by atoms with van der Waals surface area (Å²) in [6, 6.07) is 16.4. The molecule has 6 nitrogen and oxygen atoms in total. The molecule has 1 amide bonds. The van der Waals surface area contributed by atoms with E-state index in [0.29, 0.717) is 6.54 Å².